The maximum atomic E-state index is 13.3. The summed E-state index contributed by atoms with van der Waals surface area (Å²) in [4.78, 5) is 29.6. The zero-order valence-corrected chi connectivity index (χ0v) is 18.4. The molecule has 1 aromatic heterocycles. The van der Waals surface area contributed by atoms with Gasteiger partial charge < -0.3 is 5.32 Å². The van der Waals surface area contributed by atoms with E-state index < -0.39 is 0 Å². The van der Waals surface area contributed by atoms with Gasteiger partial charge in [-0.25, -0.2) is 4.98 Å². The van der Waals surface area contributed by atoms with Crippen molar-refractivity contribution in [3.05, 3.63) is 93.5 Å². The van der Waals surface area contributed by atoms with Crippen LogP contribution in [0.4, 0.5) is 5.69 Å². The fourth-order valence-corrected chi connectivity index (χ4v) is 4.02. The molecule has 0 saturated carbocycles. The lowest BCUT2D eigenvalue weighted by molar-refractivity contribution is 0.101. The third kappa shape index (κ3) is 4.18. The van der Waals surface area contributed by atoms with Gasteiger partial charge in [0, 0.05) is 27.2 Å². The lowest BCUT2D eigenvalue weighted by atomic mass is 9.97. The number of hydrogen-bond acceptors (Lipinski definition) is 3. The van der Waals surface area contributed by atoms with Crippen LogP contribution < -0.4 is 5.32 Å². The molecule has 6 heteroatoms. The van der Waals surface area contributed by atoms with Crippen molar-refractivity contribution in [3.63, 3.8) is 0 Å². The molecule has 0 aliphatic rings. The van der Waals surface area contributed by atoms with Crippen molar-refractivity contribution >= 4 is 51.5 Å². The minimum atomic E-state index is -0.266. The van der Waals surface area contributed by atoms with Crippen molar-refractivity contribution in [2.24, 2.45) is 0 Å². The quantitative estimate of drug-likeness (QED) is 0.342. The van der Waals surface area contributed by atoms with Gasteiger partial charge in [0.05, 0.1) is 21.8 Å². The van der Waals surface area contributed by atoms with Crippen LogP contribution in [-0.2, 0) is 0 Å². The molecule has 3 aromatic carbocycles. The van der Waals surface area contributed by atoms with Gasteiger partial charge in [-0.15, -0.1) is 0 Å². The van der Waals surface area contributed by atoms with E-state index in [1.807, 2.05) is 31.2 Å². The van der Waals surface area contributed by atoms with Crippen LogP contribution in [0.2, 0.25) is 10.0 Å². The molecule has 1 heterocycles. The van der Waals surface area contributed by atoms with E-state index in [-0.39, 0.29) is 11.7 Å². The Balaban J connectivity index is 1.83. The number of carbonyl (C=O) groups excluding carboxylic acids is 2. The molecule has 0 fully saturated rings. The third-order valence-corrected chi connectivity index (χ3v) is 5.65. The highest BCUT2D eigenvalue weighted by molar-refractivity contribution is 6.36. The normalized spacial score (nSPS) is 10.8. The first-order chi connectivity index (χ1) is 14.8. The largest absolute Gasteiger partial charge is 0.322 e. The third-order valence-electron chi connectivity index (χ3n) is 5.10. The molecule has 0 aliphatic carbocycles. The monoisotopic (exact) mass is 448 g/mol. The first kappa shape index (κ1) is 21.0. The summed E-state index contributed by atoms with van der Waals surface area (Å²) < 4.78 is 0. The van der Waals surface area contributed by atoms with Crippen molar-refractivity contribution in [1.82, 2.24) is 4.98 Å². The number of benzene rings is 3. The summed E-state index contributed by atoms with van der Waals surface area (Å²) in [6, 6.07) is 19.5. The lowest BCUT2D eigenvalue weighted by Gasteiger charge is -2.16. The predicted octanol–water partition coefficient (Wildman–Crippen LogP) is 6.97. The summed E-state index contributed by atoms with van der Waals surface area (Å²) in [6.45, 7) is 3.36. The first-order valence-electron chi connectivity index (χ1n) is 9.62. The van der Waals surface area contributed by atoms with Gasteiger partial charge in [0.1, 0.15) is 0 Å². The van der Waals surface area contributed by atoms with Crippen molar-refractivity contribution in [2.45, 2.75) is 13.8 Å². The average Bonchev–Trinajstić information content (AvgIpc) is 2.74. The summed E-state index contributed by atoms with van der Waals surface area (Å²) in [7, 11) is 0. The fourth-order valence-electron chi connectivity index (χ4n) is 3.53. The number of nitrogens with one attached hydrogen (secondary N) is 1. The maximum absolute atomic E-state index is 13.3. The molecule has 4 rings (SSSR count). The van der Waals surface area contributed by atoms with E-state index in [4.69, 9.17) is 28.2 Å². The highest BCUT2D eigenvalue weighted by atomic mass is 35.5. The number of para-hydroxylation sites is 1. The van der Waals surface area contributed by atoms with E-state index in [0.717, 1.165) is 5.39 Å². The van der Waals surface area contributed by atoms with Crippen LogP contribution >= 0.6 is 23.2 Å². The topological polar surface area (TPSA) is 59.1 Å². The number of hydrogen-bond donors (Lipinski definition) is 1. The Morgan fingerprint density at radius 2 is 1.65 bits per heavy atom. The minimum Gasteiger partial charge on any atom is -0.322 e. The van der Waals surface area contributed by atoms with Gasteiger partial charge in [0.2, 0.25) is 0 Å². The molecule has 0 saturated heterocycles. The van der Waals surface area contributed by atoms with Gasteiger partial charge in [0.25, 0.3) is 5.91 Å². The number of pyridine rings is 1. The van der Waals surface area contributed by atoms with Crippen LogP contribution in [0.5, 0.6) is 0 Å². The highest BCUT2D eigenvalue weighted by Crippen LogP contribution is 2.35. The Morgan fingerprint density at radius 1 is 0.935 bits per heavy atom. The fraction of sp³-hybridized carbons (Fsp3) is 0.0800. The second-order valence-corrected chi connectivity index (χ2v) is 8.03. The van der Waals surface area contributed by atoms with Gasteiger partial charge in [0.15, 0.2) is 5.78 Å². The minimum absolute atomic E-state index is 0.0293. The zero-order chi connectivity index (χ0) is 22.1. The zero-order valence-electron chi connectivity index (χ0n) is 16.9. The number of anilines is 1. The molecule has 1 amide bonds. The van der Waals surface area contributed by atoms with Crippen LogP contribution in [0.1, 0.15) is 33.2 Å². The molecular formula is C25H18Cl2N2O2. The Morgan fingerprint density at radius 3 is 2.32 bits per heavy atom. The van der Waals surface area contributed by atoms with Crippen molar-refractivity contribution in [2.75, 3.05) is 5.32 Å². The Hall–Kier alpha value is -3.21. The van der Waals surface area contributed by atoms with Gasteiger partial charge in [-0.1, -0.05) is 41.4 Å². The number of aromatic nitrogens is 1. The van der Waals surface area contributed by atoms with Crippen LogP contribution in [-0.4, -0.2) is 16.7 Å². The van der Waals surface area contributed by atoms with E-state index >= 15 is 0 Å². The number of Topliss-reactive ketones (excluding diaryl/α,β-unsaturated/α-hetero) is 1. The van der Waals surface area contributed by atoms with E-state index in [1.54, 1.807) is 42.5 Å². The number of ketones is 1. The van der Waals surface area contributed by atoms with E-state index in [1.165, 1.54) is 6.92 Å². The second kappa shape index (κ2) is 8.50. The standard InChI is InChI=1S/C25H18Cl2N2O2/c1-14-23(25(31)28-18-10-7-16(8-11-18)15(2)30)20-5-3-4-6-22(20)29-24(14)19-12-9-17(26)13-21(19)27/h3-13H,1-2H3,(H,28,31). The average molecular weight is 449 g/mol. The molecule has 0 bridgehead atoms. The van der Waals surface area contributed by atoms with Crippen molar-refractivity contribution in [3.8, 4) is 11.3 Å². The number of carbonyl (C=O) groups is 2. The Kier molecular flexibility index (Phi) is 5.77. The van der Waals surface area contributed by atoms with Crippen molar-refractivity contribution < 1.29 is 9.59 Å². The highest BCUT2D eigenvalue weighted by Gasteiger charge is 2.20. The summed E-state index contributed by atoms with van der Waals surface area (Å²) in [5, 5.41) is 4.66. The van der Waals surface area contributed by atoms with Gasteiger partial charge in [-0.2, -0.15) is 0 Å². The van der Waals surface area contributed by atoms with Gasteiger partial charge >= 0.3 is 0 Å². The van der Waals surface area contributed by atoms with E-state index in [2.05, 4.69) is 5.32 Å². The van der Waals surface area contributed by atoms with Gasteiger partial charge in [-0.05, 0) is 67.9 Å². The molecule has 4 nitrogen and oxygen atoms in total. The molecule has 0 spiro atoms. The predicted molar refractivity (Wildman–Crippen MR) is 126 cm³/mol. The smallest absolute Gasteiger partial charge is 0.256 e. The number of halogens is 2. The summed E-state index contributed by atoms with van der Waals surface area (Å²) in [5.74, 6) is -0.295. The number of fused-ring (bicyclic) bond motifs is 1. The summed E-state index contributed by atoms with van der Waals surface area (Å²) >= 11 is 12.5. The molecule has 1 N–H and O–H groups in total. The van der Waals surface area contributed by atoms with E-state index in [9.17, 15) is 9.59 Å². The lowest BCUT2D eigenvalue weighted by Crippen LogP contribution is -2.15. The molecule has 0 atom stereocenters. The van der Waals surface area contributed by atoms with Crippen LogP contribution in [0, 0.1) is 6.92 Å². The molecule has 0 aliphatic heterocycles. The number of nitrogens with zero attached hydrogens (tertiary/aromatic N) is 1. The molecule has 0 unspecified atom stereocenters. The summed E-state index contributed by atoms with van der Waals surface area (Å²) in [5.41, 5.74) is 4.42. The van der Waals surface area contributed by atoms with Crippen molar-refractivity contribution in [1.29, 1.82) is 0 Å². The molecule has 154 valence electrons. The molecule has 4 aromatic rings. The SMILES string of the molecule is CC(=O)c1ccc(NC(=O)c2c(C)c(-c3ccc(Cl)cc3Cl)nc3ccccc23)cc1. The van der Waals surface area contributed by atoms with Crippen LogP contribution in [0.3, 0.4) is 0 Å². The Labute approximate surface area is 189 Å². The molecule has 0 radical (unpaired) electrons. The maximum Gasteiger partial charge on any atom is 0.256 e. The van der Waals surface area contributed by atoms with E-state index in [0.29, 0.717) is 49.2 Å². The van der Waals surface area contributed by atoms with Crippen LogP contribution in [0.25, 0.3) is 22.2 Å². The molecular weight excluding hydrogens is 431 g/mol. The number of rotatable bonds is 4. The number of amides is 1. The van der Waals surface area contributed by atoms with Crippen LogP contribution in [0.15, 0.2) is 66.7 Å². The van der Waals surface area contributed by atoms with Gasteiger partial charge in [-0.3, -0.25) is 9.59 Å². The Bertz CT molecular complexity index is 1330. The first-order valence-corrected chi connectivity index (χ1v) is 10.4. The summed E-state index contributed by atoms with van der Waals surface area (Å²) in [6.07, 6.45) is 0. The molecule has 31 heavy (non-hydrogen) atoms. The second-order valence-electron chi connectivity index (χ2n) is 7.19.